The molecule has 1 aliphatic rings. The molecule has 0 saturated carbocycles. The Balaban J connectivity index is 1.89. The Morgan fingerprint density at radius 2 is 1.54 bits per heavy atom. The average molecular weight is 464 g/mol. The van der Waals surface area contributed by atoms with Crippen molar-refractivity contribution in [1.82, 2.24) is 4.90 Å². The van der Waals surface area contributed by atoms with Crippen molar-refractivity contribution < 1.29 is 19.0 Å². The third-order valence-corrected chi connectivity index (χ3v) is 5.65. The van der Waals surface area contributed by atoms with Gasteiger partial charge in [0.15, 0.2) is 11.5 Å². The number of benzene rings is 2. The number of piperidine rings is 1. The lowest BCUT2D eigenvalue weighted by atomic mass is 10.1. The predicted molar refractivity (Wildman–Crippen MR) is 116 cm³/mol. The molecule has 1 heterocycles. The van der Waals surface area contributed by atoms with Crippen LogP contribution in [0.1, 0.15) is 35.2 Å². The molecule has 0 unspecified atom stereocenters. The molecule has 2 aromatic rings. The summed E-state index contributed by atoms with van der Waals surface area (Å²) in [6.07, 6.45) is 3.51. The van der Waals surface area contributed by atoms with Gasteiger partial charge in [0.2, 0.25) is 5.75 Å². The lowest BCUT2D eigenvalue weighted by Gasteiger charge is -2.29. The number of nitrogens with zero attached hydrogens (tertiary/aromatic N) is 1. The number of esters is 1. The van der Waals surface area contributed by atoms with Crippen LogP contribution < -0.4 is 14.2 Å². The Hall–Kier alpha value is -2.12. The van der Waals surface area contributed by atoms with Gasteiger partial charge in [0.05, 0.1) is 19.8 Å². The van der Waals surface area contributed by atoms with E-state index in [1.807, 2.05) is 0 Å². The minimum Gasteiger partial charge on any atom is -0.493 e. The van der Waals surface area contributed by atoms with Gasteiger partial charge in [-0.2, -0.15) is 0 Å². The van der Waals surface area contributed by atoms with Crippen LogP contribution in [0.5, 0.6) is 17.2 Å². The number of methoxy groups -OCH3 is 2. The average Bonchev–Trinajstić information content (AvgIpc) is 2.74. The molecule has 0 spiro atoms. The molecule has 0 aromatic heterocycles. The first-order chi connectivity index (χ1) is 13.5. The second kappa shape index (κ2) is 9.39. The molecule has 0 atom stereocenters. The monoisotopic (exact) mass is 463 g/mol. The van der Waals surface area contributed by atoms with Crippen molar-refractivity contribution in [3.63, 3.8) is 0 Å². The molecule has 3 rings (SSSR count). The van der Waals surface area contributed by atoms with Gasteiger partial charge in [0.1, 0.15) is 4.99 Å². The maximum Gasteiger partial charge on any atom is 0.343 e. The molecule has 0 aliphatic carbocycles. The normalized spacial score (nSPS) is 13.8. The van der Waals surface area contributed by atoms with Crippen molar-refractivity contribution in [2.24, 2.45) is 0 Å². The van der Waals surface area contributed by atoms with Crippen LogP contribution >= 0.6 is 28.1 Å². The van der Waals surface area contributed by atoms with E-state index in [4.69, 9.17) is 26.4 Å². The third-order valence-electron chi connectivity index (χ3n) is 4.63. The van der Waals surface area contributed by atoms with E-state index in [-0.39, 0.29) is 5.75 Å². The molecule has 1 fully saturated rings. The van der Waals surface area contributed by atoms with E-state index in [1.54, 1.807) is 36.4 Å². The van der Waals surface area contributed by atoms with Gasteiger partial charge < -0.3 is 19.1 Å². The third kappa shape index (κ3) is 4.64. The SMILES string of the molecule is COc1cc(C(=S)N2CCCCC2)cc(OC)c1OC(=O)c1ccc(Br)cc1. The number of halogens is 1. The maximum absolute atomic E-state index is 12.5. The Morgan fingerprint density at radius 1 is 0.964 bits per heavy atom. The summed E-state index contributed by atoms with van der Waals surface area (Å²) < 4.78 is 17.4. The lowest BCUT2D eigenvalue weighted by Crippen LogP contribution is -2.34. The summed E-state index contributed by atoms with van der Waals surface area (Å²) in [5.74, 6) is 0.553. The zero-order valence-electron chi connectivity index (χ0n) is 15.9. The summed E-state index contributed by atoms with van der Waals surface area (Å²) in [5.41, 5.74) is 1.24. The van der Waals surface area contributed by atoms with Crippen LogP contribution in [0.4, 0.5) is 0 Å². The molecule has 1 aliphatic heterocycles. The first kappa shape index (κ1) is 20.6. The smallest absolute Gasteiger partial charge is 0.343 e. The zero-order chi connectivity index (χ0) is 20.1. The van der Waals surface area contributed by atoms with E-state index in [0.717, 1.165) is 41.0 Å². The van der Waals surface area contributed by atoms with Crippen molar-refractivity contribution in [1.29, 1.82) is 0 Å². The summed E-state index contributed by atoms with van der Waals surface area (Å²) in [4.78, 5) is 15.5. The van der Waals surface area contributed by atoms with Gasteiger partial charge in [-0.15, -0.1) is 0 Å². The van der Waals surface area contributed by atoms with Gasteiger partial charge in [-0.3, -0.25) is 0 Å². The zero-order valence-corrected chi connectivity index (χ0v) is 18.3. The molecule has 7 heteroatoms. The number of thiocarbonyl (C=S) groups is 1. The van der Waals surface area contributed by atoms with Gasteiger partial charge in [-0.25, -0.2) is 4.79 Å². The largest absolute Gasteiger partial charge is 0.493 e. The van der Waals surface area contributed by atoms with Crippen LogP contribution in [-0.2, 0) is 0 Å². The molecule has 148 valence electrons. The minimum absolute atomic E-state index is 0.239. The van der Waals surface area contributed by atoms with E-state index in [9.17, 15) is 4.79 Å². The van der Waals surface area contributed by atoms with Crippen molar-refractivity contribution in [2.45, 2.75) is 19.3 Å². The number of carbonyl (C=O) groups is 1. The van der Waals surface area contributed by atoms with Crippen molar-refractivity contribution >= 4 is 39.1 Å². The Morgan fingerprint density at radius 3 is 2.07 bits per heavy atom. The van der Waals surface area contributed by atoms with Gasteiger partial charge in [-0.05, 0) is 55.7 Å². The number of hydrogen-bond donors (Lipinski definition) is 0. The number of likely N-dealkylation sites (tertiary alicyclic amines) is 1. The molecule has 0 radical (unpaired) electrons. The highest BCUT2D eigenvalue weighted by Crippen LogP contribution is 2.39. The first-order valence-corrected chi connectivity index (χ1v) is 10.3. The number of hydrogen-bond acceptors (Lipinski definition) is 5. The summed E-state index contributed by atoms with van der Waals surface area (Å²) >= 11 is 9.03. The minimum atomic E-state index is -0.490. The van der Waals surface area contributed by atoms with E-state index in [2.05, 4.69) is 20.8 Å². The summed E-state index contributed by atoms with van der Waals surface area (Å²) in [5, 5.41) is 0. The topological polar surface area (TPSA) is 48.0 Å². The molecule has 0 N–H and O–H groups in total. The second-order valence-corrected chi connectivity index (χ2v) is 7.76. The van der Waals surface area contributed by atoms with Crippen LogP contribution in [0.25, 0.3) is 0 Å². The quantitative estimate of drug-likeness (QED) is 0.358. The van der Waals surface area contributed by atoms with E-state index >= 15 is 0 Å². The predicted octanol–water partition coefficient (Wildman–Crippen LogP) is 4.85. The maximum atomic E-state index is 12.5. The summed E-state index contributed by atoms with van der Waals surface area (Å²) in [7, 11) is 3.05. The number of rotatable bonds is 5. The molecule has 5 nitrogen and oxygen atoms in total. The molecular weight excluding hydrogens is 442 g/mol. The van der Waals surface area contributed by atoms with Gasteiger partial charge in [-0.1, -0.05) is 28.1 Å². The first-order valence-electron chi connectivity index (χ1n) is 9.06. The molecule has 0 bridgehead atoms. The lowest BCUT2D eigenvalue weighted by molar-refractivity contribution is 0.0724. The summed E-state index contributed by atoms with van der Waals surface area (Å²) in [6, 6.07) is 10.5. The highest BCUT2D eigenvalue weighted by molar-refractivity contribution is 9.10. The van der Waals surface area contributed by atoms with E-state index in [1.165, 1.54) is 20.6 Å². The van der Waals surface area contributed by atoms with Crippen molar-refractivity contribution in [3.05, 3.63) is 52.0 Å². The molecule has 0 amide bonds. The van der Waals surface area contributed by atoms with Crippen LogP contribution in [0.2, 0.25) is 0 Å². The fraction of sp³-hybridized carbons (Fsp3) is 0.333. The van der Waals surface area contributed by atoms with Crippen LogP contribution in [0.3, 0.4) is 0 Å². The van der Waals surface area contributed by atoms with Crippen molar-refractivity contribution in [2.75, 3.05) is 27.3 Å². The number of carbonyl (C=O) groups excluding carboxylic acids is 1. The van der Waals surface area contributed by atoms with E-state index < -0.39 is 5.97 Å². The van der Waals surface area contributed by atoms with Crippen LogP contribution in [-0.4, -0.2) is 43.2 Å². The van der Waals surface area contributed by atoms with Crippen molar-refractivity contribution in [3.8, 4) is 17.2 Å². The highest BCUT2D eigenvalue weighted by atomic mass is 79.9. The molecule has 28 heavy (non-hydrogen) atoms. The van der Waals surface area contributed by atoms with Crippen LogP contribution in [0, 0.1) is 0 Å². The van der Waals surface area contributed by atoms with Crippen LogP contribution in [0.15, 0.2) is 40.9 Å². The van der Waals surface area contributed by atoms with E-state index in [0.29, 0.717) is 17.1 Å². The van der Waals surface area contributed by atoms with Gasteiger partial charge >= 0.3 is 5.97 Å². The Bertz CT molecular complexity index is 838. The Labute approximate surface area is 178 Å². The van der Waals surface area contributed by atoms with Gasteiger partial charge in [0.25, 0.3) is 0 Å². The fourth-order valence-corrected chi connectivity index (χ4v) is 3.69. The molecule has 1 saturated heterocycles. The van der Waals surface area contributed by atoms with Gasteiger partial charge in [0, 0.05) is 23.1 Å². The Kier molecular flexibility index (Phi) is 6.91. The molecule has 2 aromatic carbocycles. The second-order valence-electron chi connectivity index (χ2n) is 6.46. The molecular formula is C21H22BrNO4S. The standard InChI is InChI=1S/C21H22BrNO4S/c1-25-17-12-15(20(28)23-10-4-3-5-11-23)13-18(26-2)19(17)27-21(24)14-6-8-16(22)9-7-14/h6-9,12-13H,3-5,10-11H2,1-2H3. The fourth-order valence-electron chi connectivity index (χ4n) is 3.12. The summed E-state index contributed by atoms with van der Waals surface area (Å²) in [6.45, 7) is 1.90. The number of ether oxygens (including phenoxy) is 3. The highest BCUT2D eigenvalue weighted by Gasteiger charge is 2.22.